The summed E-state index contributed by atoms with van der Waals surface area (Å²) >= 11 is 0. The van der Waals surface area contributed by atoms with Crippen molar-refractivity contribution in [3.8, 4) is 5.75 Å². The van der Waals surface area contributed by atoms with Crippen molar-refractivity contribution in [2.24, 2.45) is 11.1 Å². The summed E-state index contributed by atoms with van der Waals surface area (Å²) in [5, 5.41) is 0. The minimum atomic E-state index is -3.50. The summed E-state index contributed by atoms with van der Waals surface area (Å²) < 4.78 is 32.4. The molecule has 1 saturated heterocycles. The molecule has 2 N–H and O–H groups in total. The van der Waals surface area contributed by atoms with Gasteiger partial charge >= 0.3 is 0 Å². The lowest BCUT2D eigenvalue weighted by Crippen LogP contribution is -2.53. The van der Waals surface area contributed by atoms with E-state index in [9.17, 15) is 8.42 Å². The van der Waals surface area contributed by atoms with Crippen molar-refractivity contribution in [2.45, 2.75) is 38.1 Å². The van der Waals surface area contributed by atoms with E-state index in [1.807, 2.05) is 20.8 Å². The lowest BCUT2D eigenvalue weighted by Gasteiger charge is -2.41. The van der Waals surface area contributed by atoms with Gasteiger partial charge in [-0.05, 0) is 30.9 Å². The molecule has 22 heavy (non-hydrogen) atoms. The Balaban J connectivity index is 0.00000242. The van der Waals surface area contributed by atoms with Gasteiger partial charge < -0.3 is 10.5 Å². The van der Waals surface area contributed by atoms with Crippen molar-refractivity contribution < 1.29 is 13.2 Å². The van der Waals surface area contributed by atoms with Crippen LogP contribution in [-0.4, -0.2) is 38.5 Å². The van der Waals surface area contributed by atoms with Gasteiger partial charge in [-0.3, -0.25) is 0 Å². The fourth-order valence-electron chi connectivity index (χ4n) is 2.57. The monoisotopic (exact) mass is 348 g/mol. The highest BCUT2D eigenvalue weighted by Crippen LogP contribution is 2.31. The van der Waals surface area contributed by atoms with E-state index in [2.05, 4.69) is 0 Å². The summed E-state index contributed by atoms with van der Waals surface area (Å²) in [6, 6.07) is 6.69. The zero-order chi connectivity index (χ0) is 15.7. The fraction of sp³-hybridized carbons (Fsp3) is 0.600. The maximum Gasteiger partial charge on any atom is 0.243 e. The van der Waals surface area contributed by atoms with Crippen molar-refractivity contribution in [3.05, 3.63) is 24.3 Å². The third-order valence-corrected chi connectivity index (χ3v) is 5.87. The normalized spacial score (nSPS) is 21.9. The molecule has 1 unspecified atom stereocenters. The molecule has 0 bridgehead atoms. The Hall–Kier alpha value is -0.820. The molecule has 1 aliphatic rings. The van der Waals surface area contributed by atoms with Crippen molar-refractivity contribution in [1.82, 2.24) is 4.31 Å². The first-order chi connectivity index (χ1) is 9.77. The van der Waals surface area contributed by atoms with Gasteiger partial charge in [-0.2, -0.15) is 4.31 Å². The Morgan fingerprint density at radius 2 is 2.09 bits per heavy atom. The van der Waals surface area contributed by atoms with E-state index >= 15 is 0 Å². The van der Waals surface area contributed by atoms with E-state index in [0.29, 0.717) is 31.9 Å². The molecule has 0 radical (unpaired) electrons. The van der Waals surface area contributed by atoms with E-state index in [1.165, 1.54) is 4.31 Å². The van der Waals surface area contributed by atoms with Crippen LogP contribution in [0.4, 0.5) is 0 Å². The van der Waals surface area contributed by atoms with Crippen molar-refractivity contribution in [3.63, 3.8) is 0 Å². The Morgan fingerprint density at radius 3 is 2.68 bits per heavy atom. The molecule has 1 aliphatic heterocycles. The number of hydrogen-bond donors (Lipinski definition) is 1. The molecule has 7 heteroatoms. The van der Waals surface area contributed by atoms with Gasteiger partial charge in [0.05, 0.1) is 11.5 Å². The van der Waals surface area contributed by atoms with Crippen LogP contribution in [0.3, 0.4) is 0 Å². The Morgan fingerprint density at radius 1 is 1.41 bits per heavy atom. The number of ether oxygens (including phenoxy) is 1. The molecule has 0 saturated carbocycles. The summed E-state index contributed by atoms with van der Waals surface area (Å²) in [5.74, 6) is 0.576. The molecule has 0 spiro atoms. The molecule has 0 aliphatic carbocycles. The third kappa shape index (κ3) is 3.93. The molecule has 1 aromatic carbocycles. The zero-order valence-corrected chi connectivity index (χ0v) is 14.9. The summed E-state index contributed by atoms with van der Waals surface area (Å²) in [6.45, 7) is 7.30. The van der Waals surface area contributed by atoms with Crippen LogP contribution in [0.15, 0.2) is 29.2 Å². The molecule has 1 atom stereocenters. The molecule has 1 aromatic rings. The number of benzene rings is 1. The average molecular weight is 349 g/mol. The summed E-state index contributed by atoms with van der Waals surface area (Å²) in [7, 11) is -3.50. The number of rotatable bonds is 4. The van der Waals surface area contributed by atoms with Crippen LogP contribution in [0.25, 0.3) is 0 Å². The highest BCUT2D eigenvalue weighted by atomic mass is 35.5. The van der Waals surface area contributed by atoms with Crippen LogP contribution in [0.2, 0.25) is 0 Å². The molecule has 126 valence electrons. The predicted octanol–water partition coefficient (Wildman–Crippen LogP) is 2.26. The van der Waals surface area contributed by atoms with Gasteiger partial charge in [0, 0.05) is 25.2 Å². The van der Waals surface area contributed by atoms with Crippen LogP contribution >= 0.6 is 12.4 Å². The van der Waals surface area contributed by atoms with Gasteiger partial charge in [-0.1, -0.05) is 19.9 Å². The van der Waals surface area contributed by atoms with Gasteiger partial charge in [0.1, 0.15) is 5.75 Å². The molecule has 1 fully saturated rings. The maximum atomic E-state index is 12.8. The summed E-state index contributed by atoms with van der Waals surface area (Å²) in [5.41, 5.74) is 5.86. The zero-order valence-electron chi connectivity index (χ0n) is 13.3. The second kappa shape index (κ2) is 7.17. The first-order valence-electron chi connectivity index (χ1n) is 7.26. The summed E-state index contributed by atoms with van der Waals surface area (Å²) in [4.78, 5) is 0.278. The predicted molar refractivity (Wildman–Crippen MR) is 90.0 cm³/mol. The van der Waals surface area contributed by atoms with E-state index in [-0.39, 0.29) is 28.8 Å². The quantitative estimate of drug-likeness (QED) is 0.905. The van der Waals surface area contributed by atoms with E-state index in [0.717, 1.165) is 0 Å². The van der Waals surface area contributed by atoms with Gasteiger partial charge in [-0.15, -0.1) is 12.4 Å². The number of halogens is 1. The number of sulfonamides is 1. The highest BCUT2D eigenvalue weighted by molar-refractivity contribution is 7.89. The maximum absolute atomic E-state index is 12.8. The molecule has 0 aromatic heterocycles. The first kappa shape index (κ1) is 19.2. The molecule has 5 nitrogen and oxygen atoms in total. The second-order valence-electron chi connectivity index (χ2n) is 6.13. The van der Waals surface area contributed by atoms with Gasteiger partial charge in [0.2, 0.25) is 10.0 Å². The highest BCUT2D eigenvalue weighted by Gasteiger charge is 2.38. The third-order valence-electron chi connectivity index (χ3n) is 4.03. The Labute approximate surface area is 139 Å². The van der Waals surface area contributed by atoms with Gasteiger partial charge in [0.15, 0.2) is 0 Å². The lowest BCUT2D eigenvalue weighted by molar-refractivity contribution is 0.155. The lowest BCUT2D eigenvalue weighted by atomic mass is 9.81. The fourth-order valence-corrected chi connectivity index (χ4v) is 4.23. The second-order valence-corrected chi connectivity index (χ2v) is 8.07. The topological polar surface area (TPSA) is 72.6 Å². The summed E-state index contributed by atoms with van der Waals surface area (Å²) in [6.07, 6.45) is 0.678. The van der Waals surface area contributed by atoms with Crippen LogP contribution in [0.1, 0.15) is 27.2 Å². The molecule has 1 heterocycles. The van der Waals surface area contributed by atoms with Gasteiger partial charge in [-0.25, -0.2) is 8.42 Å². The number of nitrogens with zero attached hydrogens (tertiary/aromatic N) is 1. The van der Waals surface area contributed by atoms with Crippen LogP contribution in [-0.2, 0) is 10.0 Å². The SMILES string of the molecule is CCOc1cccc(S(=O)(=O)N2CCC(N)C(C)(C)C2)c1.Cl. The number of hydrogen-bond acceptors (Lipinski definition) is 4. The number of piperidine rings is 1. The first-order valence-corrected chi connectivity index (χ1v) is 8.70. The Bertz CT molecular complexity index is 605. The van der Waals surface area contributed by atoms with Crippen molar-refractivity contribution in [2.75, 3.05) is 19.7 Å². The molecular weight excluding hydrogens is 324 g/mol. The van der Waals surface area contributed by atoms with E-state index in [4.69, 9.17) is 10.5 Å². The minimum Gasteiger partial charge on any atom is -0.494 e. The Kier molecular flexibility index (Phi) is 6.27. The van der Waals surface area contributed by atoms with Gasteiger partial charge in [0.25, 0.3) is 0 Å². The van der Waals surface area contributed by atoms with Crippen molar-refractivity contribution in [1.29, 1.82) is 0 Å². The van der Waals surface area contributed by atoms with Crippen LogP contribution < -0.4 is 10.5 Å². The van der Waals surface area contributed by atoms with Crippen LogP contribution in [0.5, 0.6) is 5.75 Å². The number of nitrogens with two attached hydrogens (primary N) is 1. The molecular formula is C15H25ClN2O3S. The minimum absolute atomic E-state index is 0. The van der Waals surface area contributed by atoms with E-state index < -0.39 is 10.0 Å². The van der Waals surface area contributed by atoms with E-state index in [1.54, 1.807) is 24.3 Å². The molecule has 2 rings (SSSR count). The largest absolute Gasteiger partial charge is 0.494 e. The van der Waals surface area contributed by atoms with Crippen molar-refractivity contribution >= 4 is 22.4 Å². The molecule has 0 amide bonds. The smallest absolute Gasteiger partial charge is 0.243 e. The average Bonchev–Trinajstić information content (AvgIpc) is 2.42. The standard InChI is InChI=1S/C15H24N2O3S.ClH/c1-4-20-12-6-5-7-13(10-12)21(18,19)17-9-8-14(16)15(2,3)11-17;/h5-7,10,14H,4,8-9,11,16H2,1-3H3;1H. The van der Waals surface area contributed by atoms with Crippen LogP contribution in [0, 0.1) is 5.41 Å².